The lowest BCUT2D eigenvalue weighted by Crippen LogP contribution is -2.39. The zero-order valence-electron chi connectivity index (χ0n) is 23.8. The molecule has 0 aromatic heterocycles. The molecule has 0 aromatic carbocycles. The first kappa shape index (κ1) is 34.7. The molecule has 0 aliphatic heterocycles. The quantitative estimate of drug-likeness (QED) is 0.0682. The molecule has 0 saturated heterocycles. The van der Waals surface area contributed by atoms with Crippen LogP contribution < -0.4 is 0 Å². The van der Waals surface area contributed by atoms with E-state index in [1.54, 1.807) is 0 Å². The first-order valence-electron chi connectivity index (χ1n) is 13.7. The van der Waals surface area contributed by atoms with Gasteiger partial charge in [-0.15, -0.1) is 42.9 Å². The van der Waals surface area contributed by atoms with Gasteiger partial charge < -0.3 is 0 Å². The van der Waals surface area contributed by atoms with Crippen LogP contribution in [0.5, 0.6) is 0 Å². The highest BCUT2D eigenvalue weighted by atomic mass is 35.5. The van der Waals surface area contributed by atoms with Crippen molar-refractivity contribution in [1.82, 2.24) is 0 Å². The molecule has 0 fully saturated rings. The lowest BCUT2D eigenvalue weighted by molar-refractivity contribution is 0.713. The maximum Gasteiger partial charge on any atom is 0.0539 e. The van der Waals surface area contributed by atoms with E-state index in [1.165, 1.54) is 79.7 Å². The molecular formula is C28H58Cl2Si4. The Balaban J connectivity index is 5.64. The zero-order valence-corrected chi connectivity index (χ0v) is 29.3. The summed E-state index contributed by atoms with van der Waals surface area (Å²) in [5.74, 6) is 1.94. The van der Waals surface area contributed by atoms with E-state index < -0.39 is 32.3 Å². The summed E-state index contributed by atoms with van der Waals surface area (Å²) >= 11 is 12.9. The van der Waals surface area contributed by atoms with Crippen LogP contribution in [0.25, 0.3) is 0 Å². The van der Waals surface area contributed by atoms with E-state index in [1.807, 2.05) is 0 Å². The molecule has 0 spiro atoms. The lowest BCUT2D eigenvalue weighted by Gasteiger charge is -2.37. The second-order valence-corrected chi connectivity index (χ2v) is 34.6. The summed E-state index contributed by atoms with van der Waals surface area (Å²) in [4.78, 5) is 0. The van der Waals surface area contributed by atoms with Gasteiger partial charge in [0.15, 0.2) is 0 Å². The Morgan fingerprint density at radius 2 is 0.853 bits per heavy atom. The summed E-state index contributed by atoms with van der Waals surface area (Å²) in [7, 11) is -4.93. The average Bonchev–Trinajstić information content (AvgIpc) is 2.71. The lowest BCUT2D eigenvalue weighted by atomic mass is 10.3. The maximum absolute atomic E-state index is 6.44. The predicted molar refractivity (Wildman–Crippen MR) is 176 cm³/mol. The molecule has 0 amide bonds. The molecule has 0 aromatic rings. The van der Waals surface area contributed by atoms with Crippen LogP contribution in [-0.4, -0.2) is 44.1 Å². The van der Waals surface area contributed by atoms with E-state index in [2.05, 4.69) is 77.2 Å². The van der Waals surface area contributed by atoms with Crippen molar-refractivity contribution >= 4 is 55.5 Å². The van der Waals surface area contributed by atoms with Gasteiger partial charge >= 0.3 is 0 Å². The van der Waals surface area contributed by atoms with E-state index in [9.17, 15) is 0 Å². The molecule has 34 heavy (non-hydrogen) atoms. The van der Waals surface area contributed by atoms with Crippen LogP contribution in [0.1, 0.15) is 19.3 Å². The van der Waals surface area contributed by atoms with Gasteiger partial charge in [0, 0.05) is 11.8 Å². The van der Waals surface area contributed by atoms with E-state index in [4.69, 9.17) is 23.2 Å². The highest BCUT2D eigenvalue weighted by Crippen LogP contribution is 2.38. The van der Waals surface area contributed by atoms with Crippen LogP contribution in [-0.2, 0) is 0 Å². The monoisotopic (exact) mass is 576 g/mol. The van der Waals surface area contributed by atoms with Crippen molar-refractivity contribution in [3.05, 3.63) is 38.0 Å². The van der Waals surface area contributed by atoms with Gasteiger partial charge in [-0.2, -0.15) is 0 Å². The molecule has 0 aliphatic carbocycles. The highest BCUT2D eigenvalue weighted by molar-refractivity contribution is 6.82. The minimum absolute atomic E-state index is 0.491. The van der Waals surface area contributed by atoms with Crippen molar-refractivity contribution in [1.29, 1.82) is 0 Å². The molecule has 0 saturated carbocycles. The molecule has 0 unspecified atom stereocenters. The molecule has 0 nitrogen and oxygen atoms in total. The van der Waals surface area contributed by atoms with Crippen LogP contribution in [0.4, 0.5) is 0 Å². The van der Waals surface area contributed by atoms with Gasteiger partial charge in [0.05, 0.1) is 32.3 Å². The number of halogens is 2. The van der Waals surface area contributed by atoms with Gasteiger partial charge in [-0.25, -0.2) is 0 Å². The molecule has 0 N–H and O–H groups in total. The fourth-order valence-electron chi connectivity index (χ4n) is 5.75. The van der Waals surface area contributed by atoms with Gasteiger partial charge in [-0.1, -0.05) is 119 Å². The Kier molecular flexibility index (Phi) is 17.6. The summed E-state index contributed by atoms with van der Waals surface area (Å²) in [6.45, 7) is 27.4. The molecule has 0 aliphatic rings. The summed E-state index contributed by atoms with van der Waals surface area (Å²) < 4.78 is 0. The minimum atomic E-state index is -1.45. The topological polar surface area (TPSA) is 0 Å². The molecule has 0 rings (SSSR count). The first-order chi connectivity index (χ1) is 15.8. The molecule has 0 bridgehead atoms. The first-order valence-corrected chi connectivity index (χ1v) is 27.9. The fraction of sp³-hybridized carbons (Fsp3) is 0.786. The molecule has 0 radical (unpaired) electrons. The minimum Gasteiger partial charge on any atom is -0.126 e. The third-order valence-electron chi connectivity index (χ3n) is 7.93. The molecular weight excluding hydrogens is 520 g/mol. The summed E-state index contributed by atoms with van der Waals surface area (Å²) in [5, 5.41) is 0. The van der Waals surface area contributed by atoms with Crippen molar-refractivity contribution in [3.63, 3.8) is 0 Å². The van der Waals surface area contributed by atoms with Crippen molar-refractivity contribution < 1.29 is 0 Å². The Labute approximate surface area is 229 Å². The van der Waals surface area contributed by atoms with E-state index in [-0.39, 0.29) is 0 Å². The van der Waals surface area contributed by atoms with Gasteiger partial charge in [-0.05, 0) is 24.1 Å². The SMILES string of the molecule is C=CC[Si](C)(C)CCC[Si](CCC[Si](C)(C)CC=C)(CCC[Si](C)(C)CC=C)CC(CCl)CCl. The Bertz CT molecular complexity index is 514. The Morgan fingerprint density at radius 1 is 0.559 bits per heavy atom. The summed E-state index contributed by atoms with van der Waals surface area (Å²) in [6, 6.07) is 13.8. The normalized spacial score (nSPS) is 13.3. The number of hydrogen-bond acceptors (Lipinski definition) is 0. The van der Waals surface area contributed by atoms with E-state index in [0.29, 0.717) is 5.92 Å². The van der Waals surface area contributed by atoms with E-state index >= 15 is 0 Å². The number of hydrogen-bond donors (Lipinski definition) is 0. The largest absolute Gasteiger partial charge is 0.126 e. The maximum atomic E-state index is 6.44. The van der Waals surface area contributed by atoms with Gasteiger partial charge in [-0.3, -0.25) is 0 Å². The standard InChI is InChI=1S/C28H58Cl2Si4/c1-10-16-31(4,5)19-13-22-34(27-28(25-29)26-30,23-14-20-32(6,7)17-11-2)24-15-21-33(8,9)18-12-3/h10-12,28H,1-3,13-27H2,4-9H3. The second kappa shape index (κ2) is 17.2. The fourth-order valence-corrected chi connectivity index (χ4v) is 19.7. The number of allylic oxidation sites excluding steroid dienone is 3. The van der Waals surface area contributed by atoms with Crippen molar-refractivity contribution in [2.45, 2.75) is 119 Å². The molecule has 0 heterocycles. The van der Waals surface area contributed by atoms with Crippen LogP contribution in [0.3, 0.4) is 0 Å². The third kappa shape index (κ3) is 15.7. The van der Waals surface area contributed by atoms with Crippen molar-refractivity contribution in [3.8, 4) is 0 Å². The van der Waals surface area contributed by atoms with Crippen molar-refractivity contribution in [2.75, 3.05) is 11.8 Å². The zero-order chi connectivity index (χ0) is 26.3. The molecule has 6 heteroatoms. The van der Waals surface area contributed by atoms with Gasteiger partial charge in [0.25, 0.3) is 0 Å². The van der Waals surface area contributed by atoms with Crippen LogP contribution in [0, 0.1) is 5.92 Å². The van der Waals surface area contributed by atoms with Crippen LogP contribution in [0.2, 0.25) is 99.7 Å². The molecule has 200 valence electrons. The van der Waals surface area contributed by atoms with Crippen molar-refractivity contribution in [2.24, 2.45) is 5.92 Å². The second-order valence-electron chi connectivity index (χ2n) is 13.4. The summed E-state index contributed by atoms with van der Waals surface area (Å²) in [5.41, 5.74) is 0. The third-order valence-corrected chi connectivity index (χ3v) is 23.8. The van der Waals surface area contributed by atoms with Gasteiger partial charge in [0.2, 0.25) is 0 Å². The number of rotatable bonds is 22. The Hall–Kier alpha value is 0.668. The predicted octanol–water partition coefficient (Wildman–Crippen LogP) is 11.4. The smallest absolute Gasteiger partial charge is 0.0539 e. The van der Waals surface area contributed by atoms with E-state index in [0.717, 1.165) is 11.8 Å². The van der Waals surface area contributed by atoms with Crippen LogP contribution >= 0.6 is 23.2 Å². The molecule has 0 atom stereocenters. The Morgan fingerprint density at radius 3 is 1.09 bits per heavy atom. The number of alkyl halides is 2. The highest BCUT2D eigenvalue weighted by Gasteiger charge is 2.36. The van der Waals surface area contributed by atoms with Crippen LogP contribution in [0.15, 0.2) is 38.0 Å². The summed E-state index contributed by atoms with van der Waals surface area (Å²) in [6.07, 6.45) is 10.7. The van der Waals surface area contributed by atoms with Gasteiger partial charge in [0.1, 0.15) is 0 Å². The average molecular weight is 578 g/mol.